The number of rotatable bonds is 5. The summed E-state index contributed by atoms with van der Waals surface area (Å²) in [7, 11) is 0. The third kappa shape index (κ3) is 4.51. The molecule has 0 heterocycles. The van der Waals surface area contributed by atoms with E-state index in [1.165, 1.54) is 0 Å². The van der Waals surface area contributed by atoms with Gasteiger partial charge in [-0.25, -0.2) is 0 Å². The van der Waals surface area contributed by atoms with Gasteiger partial charge in [-0.1, -0.05) is 34.5 Å². The number of aliphatic hydroxyl groups is 1. The molecule has 0 aliphatic rings. The summed E-state index contributed by atoms with van der Waals surface area (Å²) < 4.78 is 1.01. The molecule has 2 N–H and O–H groups in total. The molecule has 0 saturated heterocycles. The standard InChI is InChI=1S/C11H15BrClNO/c1-2-10(15)7-14-6-8-5-9(12)3-4-11(8)13/h3-5,10,14-15H,2,6-7H2,1H3. The van der Waals surface area contributed by atoms with Crippen molar-refractivity contribution in [2.75, 3.05) is 6.54 Å². The van der Waals surface area contributed by atoms with Crippen molar-refractivity contribution in [1.29, 1.82) is 0 Å². The summed E-state index contributed by atoms with van der Waals surface area (Å²) in [5.41, 5.74) is 1.04. The Hall–Kier alpha value is -0.0900. The minimum Gasteiger partial charge on any atom is -0.392 e. The van der Waals surface area contributed by atoms with Crippen LogP contribution in [0.4, 0.5) is 0 Å². The Morgan fingerprint density at radius 1 is 1.53 bits per heavy atom. The molecule has 0 aliphatic heterocycles. The molecule has 0 aromatic heterocycles. The molecule has 0 amide bonds. The second kappa shape index (κ2) is 6.48. The maximum atomic E-state index is 9.36. The van der Waals surface area contributed by atoms with Crippen LogP contribution in [-0.2, 0) is 6.54 Å². The first-order valence-electron chi connectivity index (χ1n) is 4.96. The van der Waals surface area contributed by atoms with Crippen LogP contribution < -0.4 is 5.32 Å². The van der Waals surface area contributed by atoms with E-state index in [0.29, 0.717) is 13.1 Å². The second-order valence-electron chi connectivity index (χ2n) is 3.43. The Morgan fingerprint density at radius 3 is 2.93 bits per heavy atom. The molecule has 1 atom stereocenters. The fourth-order valence-electron chi connectivity index (χ4n) is 1.20. The van der Waals surface area contributed by atoms with Gasteiger partial charge >= 0.3 is 0 Å². The Bertz CT molecular complexity index is 319. The van der Waals surface area contributed by atoms with E-state index >= 15 is 0 Å². The fraction of sp³-hybridized carbons (Fsp3) is 0.455. The van der Waals surface area contributed by atoms with Gasteiger partial charge in [0.25, 0.3) is 0 Å². The molecule has 1 unspecified atom stereocenters. The maximum absolute atomic E-state index is 9.36. The van der Waals surface area contributed by atoms with Crippen molar-refractivity contribution < 1.29 is 5.11 Å². The molecule has 1 aromatic carbocycles. The van der Waals surface area contributed by atoms with Crippen molar-refractivity contribution in [2.24, 2.45) is 0 Å². The zero-order valence-electron chi connectivity index (χ0n) is 8.63. The fourth-order valence-corrected chi connectivity index (χ4v) is 1.79. The lowest BCUT2D eigenvalue weighted by Crippen LogP contribution is -2.25. The van der Waals surface area contributed by atoms with Crippen LogP contribution in [-0.4, -0.2) is 17.8 Å². The predicted octanol–water partition coefficient (Wildman–Crippen LogP) is 2.96. The van der Waals surface area contributed by atoms with Crippen LogP contribution in [0.5, 0.6) is 0 Å². The minimum absolute atomic E-state index is 0.282. The van der Waals surface area contributed by atoms with Crippen molar-refractivity contribution in [1.82, 2.24) is 5.32 Å². The van der Waals surface area contributed by atoms with E-state index in [0.717, 1.165) is 21.5 Å². The second-order valence-corrected chi connectivity index (χ2v) is 4.75. The van der Waals surface area contributed by atoms with E-state index < -0.39 is 0 Å². The molecular formula is C11H15BrClNO. The molecule has 0 bridgehead atoms. The third-order valence-electron chi connectivity index (χ3n) is 2.17. The van der Waals surface area contributed by atoms with Crippen LogP contribution in [0.1, 0.15) is 18.9 Å². The van der Waals surface area contributed by atoms with E-state index in [2.05, 4.69) is 21.2 Å². The summed E-state index contributed by atoms with van der Waals surface area (Å²) in [4.78, 5) is 0. The lowest BCUT2D eigenvalue weighted by atomic mass is 10.2. The first-order chi connectivity index (χ1) is 7.13. The van der Waals surface area contributed by atoms with Crippen LogP contribution in [0, 0.1) is 0 Å². The summed E-state index contributed by atoms with van der Waals surface area (Å²) >= 11 is 9.42. The first kappa shape index (κ1) is 13.0. The molecule has 84 valence electrons. The Balaban J connectivity index is 2.46. The van der Waals surface area contributed by atoms with Gasteiger partial charge in [0.1, 0.15) is 0 Å². The third-order valence-corrected chi connectivity index (χ3v) is 3.04. The van der Waals surface area contributed by atoms with Gasteiger partial charge in [0.05, 0.1) is 6.10 Å². The van der Waals surface area contributed by atoms with Gasteiger partial charge in [-0.15, -0.1) is 0 Å². The first-order valence-corrected chi connectivity index (χ1v) is 6.13. The van der Waals surface area contributed by atoms with Crippen LogP contribution in [0.3, 0.4) is 0 Å². The van der Waals surface area contributed by atoms with E-state index in [9.17, 15) is 5.11 Å². The van der Waals surface area contributed by atoms with Crippen LogP contribution >= 0.6 is 27.5 Å². The van der Waals surface area contributed by atoms with E-state index in [1.54, 1.807) is 0 Å². The summed E-state index contributed by atoms with van der Waals surface area (Å²) in [6.45, 7) is 3.23. The summed E-state index contributed by atoms with van der Waals surface area (Å²) in [6, 6.07) is 5.75. The van der Waals surface area contributed by atoms with Crippen molar-refractivity contribution in [3.05, 3.63) is 33.3 Å². The zero-order valence-corrected chi connectivity index (χ0v) is 11.0. The number of benzene rings is 1. The highest BCUT2D eigenvalue weighted by atomic mass is 79.9. The van der Waals surface area contributed by atoms with Crippen LogP contribution in [0.15, 0.2) is 22.7 Å². The molecule has 2 nitrogen and oxygen atoms in total. The average molecular weight is 293 g/mol. The van der Waals surface area contributed by atoms with Gasteiger partial charge in [-0.2, -0.15) is 0 Å². The van der Waals surface area contributed by atoms with E-state index in [-0.39, 0.29) is 6.10 Å². The Labute approximate surface area is 104 Å². The molecule has 1 rings (SSSR count). The molecular weight excluding hydrogens is 277 g/mol. The summed E-state index contributed by atoms with van der Waals surface area (Å²) in [6.07, 6.45) is 0.482. The van der Waals surface area contributed by atoms with E-state index in [4.69, 9.17) is 11.6 Å². The smallest absolute Gasteiger partial charge is 0.0662 e. The molecule has 0 spiro atoms. The highest BCUT2D eigenvalue weighted by Crippen LogP contribution is 2.20. The zero-order chi connectivity index (χ0) is 11.3. The predicted molar refractivity (Wildman–Crippen MR) is 67.2 cm³/mol. The maximum Gasteiger partial charge on any atom is 0.0662 e. The topological polar surface area (TPSA) is 32.3 Å². The molecule has 1 aromatic rings. The van der Waals surface area contributed by atoms with Gasteiger partial charge in [0.15, 0.2) is 0 Å². The molecule has 4 heteroatoms. The largest absolute Gasteiger partial charge is 0.392 e. The average Bonchev–Trinajstić information content (AvgIpc) is 2.23. The Kier molecular flexibility index (Phi) is 5.61. The number of hydrogen-bond acceptors (Lipinski definition) is 2. The van der Waals surface area contributed by atoms with E-state index in [1.807, 2.05) is 25.1 Å². The normalized spacial score (nSPS) is 12.8. The lowest BCUT2D eigenvalue weighted by molar-refractivity contribution is 0.167. The minimum atomic E-state index is -0.282. The molecule has 0 fully saturated rings. The molecule has 15 heavy (non-hydrogen) atoms. The van der Waals surface area contributed by atoms with Crippen molar-refractivity contribution >= 4 is 27.5 Å². The van der Waals surface area contributed by atoms with Gasteiger partial charge < -0.3 is 10.4 Å². The van der Waals surface area contributed by atoms with Gasteiger partial charge in [-0.3, -0.25) is 0 Å². The monoisotopic (exact) mass is 291 g/mol. The SMILES string of the molecule is CCC(O)CNCc1cc(Br)ccc1Cl. The van der Waals surface area contributed by atoms with Gasteiger partial charge in [0, 0.05) is 22.6 Å². The highest BCUT2D eigenvalue weighted by Gasteiger charge is 2.03. The molecule has 0 radical (unpaired) electrons. The van der Waals surface area contributed by atoms with Gasteiger partial charge in [0.2, 0.25) is 0 Å². The number of halogens is 2. The number of nitrogens with one attached hydrogen (secondary N) is 1. The number of hydrogen-bond donors (Lipinski definition) is 2. The molecule has 0 saturated carbocycles. The van der Waals surface area contributed by atoms with Crippen molar-refractivity contribution in [3.8, 4) is 0 Å². The van der Waals surface area contributed by atoms with Crippen LogP contribution in [0.2, 0.25) is 5.02 Å². The number of aliphatic hydroxyl groups excluding tert-OH is 1. The van der Waals surface area contributed by atoms with Crippen molar-refractivity contribution in [3.63, 3.8) is 0 Å². The summed E-state index contributed by atoms with van der Waals surface area (Å²) in [5, 5.41) is 13.3. The quantitative estimate of drug-likeness (QED) is 0.874. The summed E-state index contributed by atoms with van der Waals surface area (Å²) in [5.74, 6) is 0. The highest BCUT2D eigenvalue weighted by molar-refractivity contribution is 9.10. The molecule has 0 aliphatic carbocycles. The van der Waals surface area contributed by atoms with Crippen LogP contribution in [0.25, 0.3) is 0 Å². The van der Waals surface area contributed by atoms with Crippen molar-refractivity contribution in [2.45, 2.75) is 26.0 Å². The lowest BCUT2D eigenvalue weighted by Gasteiger charge is -2.10. The van der Waals surface area contributed by atoms with Gasteiger partial charge in [-0.05, 0) is 30.2 Å². The Morgan fingerprint density at radius 2 is 2.27 bits per heavy atom.